The molecule has 0 aliphatic carbocycles. The molecule has 8 heteroatoms. The van der Waals surface area contributed by atoms with Crippen LogP contribution >= 0.6 is 39.3 Å². The number of aromatic nitrogens is 1. The molecule has 0 radical (unpaired) electrons. The van der Waals surface area contributed by atoms with Crippen molar-refractivity contribution < 1.29 is 13.6 Å². The van der Waals surface area contributed by atoms with Crippen molar-refractivity contribution in [3.63, 3.8) is 0 Å². The van der Waals surface area contributed by atoms with Gasteiger partial charge in [0.2, 0.25) is 5.91 Å². The van der Waals surface area contributed by atoms with E-state index in [1.54, 1.807) is 24.4 Å². The van der Waals surface area contributed by atoms with E-state index in [1.807, 2.05) is 12.1 Å². The first-order valence-corrected chi connectivity index (χ1v) is 9.26. The summed E-state index contributed by atoms with van der Waals surface area (Å²) in [7, 11) is 0. The molecule has 0 saturated carbocycles. The van der Waals surface area contributed by atoms with Crippen molar-refractivity contribution in [1.29, 1.82) is 0 Å². The van der Waals surface area contributed by atoms with E-state index >= 15 is 0 Å². The third-order valence-corrected chi connectivity index (χ3v) is 4.70. The van der Waals surface area contributed by atoms with Gasteiger partial charge in [-0.3, -0.25) is 4.79 Å². The third kappa shape index (κ3) is 4.84. The number of amides is 1. The first-order valence-electron chi connectivity index (χ1n) is 7.11. The Kier molecular flexibility index (Phi) is 5.78. The highest BCUT2D eigenvalue weighted by Gasteiger charge is 2.12. The van der Waals surface area contributed by atoms with Crippen molar-refractivity contribution in [3.8, 4) is 11.3 Å². The van der Waals surface area contributed by atoms with Crippen LogP contribution < -0.4 is 5.32 Å². The van der Waals surface area contributed by atoms with Crippen LogP contribution in [0, 0.1) is 5.82 Å². The molecule has 2 aromatic carbocycles. The Hall–Kier alpha value is -1.83. The predicted molar refractivity (Wildman–Crippen MR) is 100 cm³/mol. The van der Waals surface area contributed by atoms with Crippen LogP contribution in [-0.4, -0.2) is 16.6 Å². The third-order valence-electron chi connectivity index (χ3n) is 3.13. The lowest BCUT2D eigenvalue weighted by Gasteiger charge is -2.05. The van der Waals surface area contributed by atoms with Gasteiger partial charge in [-0.25, -0.2) is 9.37 Å². The molecule has 1 amide bonds. The maximum absolute atomic E-state index is 13.7. The van der Waals surface area contributed by atoms with Gasteiger partial charge in [-0.2, -0.15) is 0 Å². The Bertz CT molecular complexity index is 919. The molecule has 0 fully saturated rings. The van der Waals surface area contributed by atoms with Crippen molar-refractivity contribution >= 4 is 50.9 Å². The number of hydrogen-bond donors (Lipinski definition) is 1. The summed E-state index contributed by atoms with van der Waals surface area (Å²) in [5.74, 6) is -0.254. The SMILES string of the molecule is O=C(CSc1ncc(-c2cccc(Cl)c2)o1)Nc1ccc(Br)cc1F. The van der Waals surface area contributed by atoms with Crippen LogP contribution in [0.5, 0.6) is 0 Å². The number of benzene rings is 2. The van der Waals surface area contributed by atoms with E-state index in [0.717, 1.165) is 17.3 Å². The van der Waals surface area contributed by atoms with Gasteiger partial charge in [0, 0.05) is 15.1 Å². The number of oxazole rings is 1. The van der Waals surface area contributed by atoms with Crippen molar-refractivity contribution in [3.05, 3.63) is 64.0 Å². The smallest absolute Gasteiger partial charge is 0.256 e. The van der Waals surface area contributed by atoms with Gasteiger partial charge >= 0.3 is 0 Å². The first-order chi connectivity index (χ1) is 12.0. The lowest BCUT2D eigenvalue weighted by Crippen LogP contribution is -2.15. The zero-order valence-corrected chi connectivity index (χ0v) is 15.8. The maximum atomic E-state index is 13.7. The average Bonchev–Trinajstić information content (AvgIpc) is 3.05. The van der Waals surface area contributed by atoms with Crippen LogP contribution in [0.4, 0.5) is 10.1 Å². The summed E-state index contributed by atoms with van der Waals surface area (Å²) in [6.07, 6.45) is 1.57. The van der Waals surface area contributed by atoms with E-state index in [1.165, 1.54) is 12.1 Å². The van der Waals surface area contributed by atoms with Gasteiger partial charge in [0.05, 0.1) is 17.6 Å². The summed E-state index contributed by atoms with van der Waals surface area (Å²) in [4.78, 5) is 16.1. The van der Waals surface area contributed by atoms with Gasteiger partial charge in [-0.05, 0) is 30.3 Å². The molecule has 0 spiro atoms. The van der Waals surface area contributed by atoms with Gasteiger partial charge in [0.1, 0.15) is 5.82 Å². The van der Waals surface area contributed by atoms with Crippen LogP contribution in [0.2, 0.25) is 5.02 Å². The zero-order chi connectivity index (χ0) is 17.8. The number of anilines is 1. The van der Waals surface area contributed by atoms with Crippen molar-refractivity contribution in [2.24, 2.45) is 0 Å². The topological polar surface area (TPSA) is 55.1 Å². The quantitative estimate of drug-likeness (QED) is 0.522. The van der Waals surface area contributed by atoms with Gasteiger partial charge < -0.3 is 9.73 Å². The van der Waals surface area contributed by atoms with Crippen molar-refractivity contribution in [2.75, 3.05) is 11.1 Å². The molecule has 1 N–H and O–H groups in total. The van der Waals surface area contributed by atoms with E-state index in [9.17, 15) is 9.18 Å². The standard InChI is InChI=1S/C17H11BrClFN2O2S/c18-11-4-5-14(13(20)7-11)22-16(23)9-25-17-21-8-15(24-17)10-2-1-3-12(19)6-10/h1-8H,9H2,(H,22,23). The number of thioether (sulfide) groups is 1. The Balaban J connectivity index is 1.59. The number of nitrogens with one attached hydrogen (secondary N) is 1. The van der Waals surface area contributed by atoms with Crippen LogP contribution in [-0.2, 0) is 4.79 Å². The molecule has 4 nitrogen and oxygen atoms in total. The average molecular weight is 442 g/mol. The zero-order valence-electron chi connectivity index (χ0n) is 12.6. The number of nitrogens with zero attached hydrogens (tertiary/aromatic N) is 1. The van der Waals surface area contributed by atoms with E-state index in [4.69, 9.17) is 16.0 Å². The predicted octanol–water partition coefficient (Wildman–Crippen LogP) is 5.63. The molecule has 0 unspecified atom stereocenters. The molecule has 0 bridgehead atoms. The Morgan fingerprint density at radius 2 is 2.16 bits per heavy atom. The summed E-state index contributed by atoms with van der Waals surface area (Å²) < 4.78 is 19.9. The highest BCUT2D eigenvalue weighted by molar-refractivity contribution is 9.10. The summed E-state index contributed by atoms with van der Waals surface area (Å²) in [5.41, 5.74) is 0.925. The largest absolute Gasteiger partial charge is 0.431 e. The van der Waals surface area contributed by atoms with Crippen molar-refractivity contribution in [1.82, 2.24) is 4.98 Å². The van der Waals surface area contributed by atoms with Crippen LogP contribution in [0.15, 0.2) is 62.8 Å². The van der Waals surface area contributed by atoms with E-state index in [-0.39, 0.29) is 17.3 Å². The number of carbonyl (C=O) groups excluding carboxylic acids is 1. The molecule has 0 saturated heterocycles. The molecule has 1 heterocycles. The lowest BCUT2D eigenvalue weighted by molar-refractivity contribution is -0.113. The van der Waals surface area contributed by atoms with Crippen LogP contribution in [0.3, 0.4) is 0 Å². The highest BCUT2D eigenvalue weighted by Crippen LogP contribution is 2.27. The lowest BCUT2D eigenvalue weighted by atomic mass is 10.2. The second kappa shape index (κ2) is 8.03. The number of rotatable bonds is 5. The molecule has 0 aliphatic heterocycles. The van der Waals surface area contributed by atoms with E-state index in [0.29, 0.717) is 20.5 Å². The summed E-state index contributed by atoms with van der Waals surface area (Å²) in [5, 5.41) is 3.46. The molecule has 3 rings (SSSR count). The molecule has 25 heavy (non-hydrogen) atoms. The first kappa shape index (κ1) is 18.0. The molecule has 0 atom stereocenters. The minimum atomic E-state index is -0.507. The fraction of sp³-hybridized carbons (Fsp3) is 0.0588. The second-order valence-electron chi connectivity index (χ2n) is 4.96. The maximum Gasteiger partial charge on any atom is 0.256 e. The van der Waals surface area contributed by atoms with Gasteiger partial charge in [-0.1, -0.05) is 51.4 Å². The molecule has 3 aromatic rings. The summed E-state index contributed by atoms with van der Waals surface area (Å²) in [6.45, 7) is 0. The highest BCUT2D eigenvalue weighted by atomic mass is 79.9. The molecule has 128 valence electrons. The molecule has 0 aliphatic rings. The number of carbonyl (C=O) groups is 1. The van der Waals surface area contributed by atoms with Crippen LogP contribution in [0.1, 0.15) is 0 Å². The Labute approximate surface area is 160 Å². The molecule has 1 aromatic heterocycles. The van der Waals surface area contributed by atoms with Gasteiger partial charge in [0.15, 0.2) is 5.76 Å². The molecular weight excluding hydrogens is 431 g/mol. The van der Waals surface area contributed by atoms with Gasteiger partial charge in [-0.15, -0.1) is 0 Å². The van der Waals surface area contributed by atoms with Crippen LogP contribution in [0.25, 0.3) is 11.3 Å². The molecular formula is C17H11BrClFN2O2S. The Morgan fingerprint density at radius 3 is 2.92 bits per heavy atom. The second-order valence-corrected chi connectivity index (χ2v) is 7.24. The van der Waals surface area contributed by atoms with E-state index in [2.05, 4.69) is 26.2 Å². The van der Waals surface area contributed by atoms with Crippen molar-refractivity contribution in [2.45, 2.75) is 5.22 Å². The summed E-state index contributed by atoms with van der Waals surface area (Å²) >= 11 is 10.2. The fourth-order valence-electron chi connectivity index (χ4n) is 2.00. The monoisotopic (exact) mass is 440 g/mol. The van der Waals surface area contributed by atoms with Gasteiger partial charge in [0.25, 0.3) is 5.22 Å². The summed E-state index contributed by atoms with van der Waals surface area (Å²) in [6, 6.07) is 11.6. The fourth-order valence-corrected chi connectivity index (χ4v) is 3.13. The minimum Gasteiger partial charge on any atom is -0.431 e. The number of hydrogen-bond acceptors (Lipinski definition) is 4. The normalized spacial score (nSPS) is 10.7. The number of halogens is 3. The van der Waals surface area contributed by atoms with E-state index < -0.39 is 5.82 Å². The Morgan fingerprint density at radius 1 is 1.32 bits per heavy atom. The minimum absolute atomic E-state index is 0.0466.